The number of imidazole rings is 1. The predicted molar refractivity (Wildman–Crippen MR) is 90.8 cm³/mol. The number of benzene rings is 2. The molecule has 0 saturated heterocycles. The molecule has 23 heavy (non-hydrogen) atoms. The highest BCUT2D eigenvalue weighted by molar-refractivity contribution is 6.30. The van der Waals surface area contributed by atoms with Gasteiger partial charge in [-0.05, 0) is 43.3 Å². The maximum Gasteiger partial charge on any atom is 0.244 e. The highest BCUT2D eigenvalue weighted by Gasteiger charge is 2.17. The topological polar surface area (TPSA) is 38.3 Å². The van der Waals surface area contributed by atoms with Crippen LogP contribution in [0.4, 0.5) is 0 Å². The van der Waals surface area contributed by atoms with Crippen molar-refractivity contribution in [1.82, 2.24) is 4.57 Å². The molecule has 3 aromatic rings. The van der Waals surface area contributed by atoms with Crippen molar-refractivity contribution in [3.05, 3.63) is 59.9 Å². The van der Waals surface area contributed by atoms with Gasteiger partial charge in [-0.3, -0.25) is 0 Å². The average Bonchev–Trinajstić information content (AvgIpc) is 2.92. The van der Waals surface area contributed by atoms with Gasteiger partial charge in [-0.15, -0.1) is 0 Å². The molecule has 0 amide bonds. The molecule has 1 heterocycles. The van der Waals surface area contributed by atoms with Crippen molar-refractivity contribution in [2.45, 2.75) is 26.1 Å². The molecule has 0 spiro atoms. The summed E-state index contributed by atoms with van der Waals surface area (Å²) in [5, 5.41) is 10.9. The van der Waals surface area contributed by atoms with Crippen LogP contribution in [-0.2, 0) is 13.1 Å². The van der Waals surface area contributed by atoms with Crippen molar-refractivity contribution in [2.75, 3.05) is 6.61 Å². The minimum Gasteiger partial charge on any atom is -0.491 e. The molecule has 0 radical (unpaired) electrons. The van der Waals surface area contributed by atoms with Gasteiger partial charge in [-0.1, -0.05) is 23.7 Å². The normalized spacial score (nSPS) is 12.5. The minimum atomic E-state index is -0.591. The number of hydrogen-bond acceptors (Lipinski definition) is 2. The first-order valence-corrected chi connectivity index (χ1v) is 8.09. The lowest BCUT2D eigenvalue weighted by Crippen LogP contribution is -2.41. The molecule has 1 N–H and O–H groups in total. The van der Waals surface area contributed by atoms with Crippen molar-refractivity contribution in [3.8, 4) is 5.75 Å². The summed E-state index contributed by atoms with van der Waals surface area (Å²) in [6.45, 7) is 3.73. The van der Waals surface area contributed by atoms with Crippen LogP contribution in [0.1, 0.15) is 6.92 Å². The molecule has 1 unspecified atom stereocenters. The predicted octanol–water partition coefficient (Wildman–Crippen LogP) is 3.04. The van der Waals surface area contributed by atoms with Gasteiger partial charge in [0.25, 0.3) is 0 Å². The molecule has 0 bridgehead atoms. The highest BCUT2D eigenvalue weighted by atomic mass is 35.5. The second kappa shape index (κ2) is 7.02. The first-order valence-electron chi connectivity index (χ1n) is 7.71. The molecule has 5 heteroatoms. The molecule has 0 saturated carbocycles. The number of aliphatic hydroxyl groups excluding tert-OH is 1. The lowest BCUT2D eigenvalue weighted by atomic mass is 10.3. The average molecular weight is 332 g/mol. The molecule has 3 rings (SSSR count). The first kappa shape index (κ1) is 15.8. The largest absolute Gasteiger partial charge is 0.491 e. The Balaban J connectivity index is 1.68. The Morgan fingerprint density at radius 1 is 1.17 bits per heavy atom. The van der Waals surface area contributed by atoms with Crippen molar-refractivity contribution in [1.29, 1.82) is 0 Å². The number of aromatic nitrogens is 2. The van der Waals surface area contributed by atoms with Gasteiger partial charge in [0.2, 0.25) is 6.33 Å². The smallest absolute Gasteiger partial charge is 0.244 e. The number of para-hydroxylation sites is 2. The van der Waals surface area contributed by atoms with Gasteiger partial charge in [0.05, 0.1) is 6.54 Å². The number of ether oxygens (including phenoxy) is 1. The van der Waals surface area contributed by atoms with E-state index in [-0.39, 0.29) is 6.61 Å². The van der Waals surface area contributed by atoms with Gasteiger partial charge in [0.15, 0.2) is 11.0 Å². The van der Waals surface area contributed by atoms with E-state index >= 15 is 0 Å². The maximum atomic E-state index is 10.3. The SMILES string of the molecule is CCn1c[n+](CC(O)COc2ccc(Cl)cc2)c2ccccc21. The highest BCUT2D eigenvalue weighted by Crippen LogP contribution is 2.16. The van der Waals surface area contributed by atoms with E-state index in [1.54, 1.807) is 24.3 Å². The lowest BCUT2D eigenvalue weighted by molar-refractivity contribution is -0.679. The van der Waals surface area contributed by atoms with Crippen LogP contribution in [0.2, 0.25) is 5.02 Å². The number of rotatable bonds is 6. The molecule has 1 aromatic heterocycles. The van der Waals surface area contributed by atoms with Crippen LogP contribution in [0.3, 0.4) is 0 Å². The van der Waals surface area contributed by atoms with Crippen LogP contribution in [-0.4, -0.2) is 22.4 Å². The summed E-state index contributed by atoms with van der Waals surface area (Å²) in [6.07, 6.45) is 1.45. The van der Waals surface area contributed by atoms with Crippen LogP contribution in [0.25, 0.3) is 11.0 Å². The number of aliphatic hydroxyl groups is 1. The lowest BCUT2D eigenvalue weighted by Gasteiger charge is -2.11. The van der Waals surface area contributed by atoms with Crippen molar-refractivity contribution < 1.29 is 14.4 Å². The second-order valence-electron chi connectivity index (χ2n) is 5.46. The standard InChI is InChI=1S/C18H20ClN2O2/c1-2-20-13-21(18-6-4-3-5-17(18)20)11-15(22)12-23-16-9-7-14(19)8-10-16/h3-10,13,15,22H,2,11-12H2,1H3/q+1. The monoisotopic (exact) mass is 331 g/mol. The molecule has 2 aromatic carbocycles. The zero-order chi connectivity index (χ0) is 16.2. The molecule has 0 fully saturated rings. The Kier molecular flexibility index (Phi) is 4.84. The Labute approximate surface area is 140 Å². The third-order valence-corrected chi connectivity index (χ3v) is 4.04. The molecule has 0 aliphatic carbocycles. The first-order chi connectivity index (χ1) is 11.2. The van der Waals surface area contributed by atoms with Crippen LogP contribution in [0, 0.1) is 0 Å². The summed E-state index contributed by atoms with van der Waals surface area (Å²) in [4.78, 5) is 0. The number of fused-ring (bicyclic) bond motifs is 1. The van der Waals surface area contributed by atoms with E-state index in [2.05, 4.69) is 28.2 Å². The quantitative estimate of drug-likeness (QED) is 0.705. The van der Waals surface area contributed by atoms with Crippen molar-refractivity contribution >= 4 is 22.6 Å². The summed E-state index contributed by atoms with van der Waals surface area (Å²) in [6, 6.07) is 15.3. The van der Waals surface area contributed by atoms with Gasteiger partial charge in [0.1, 0.15) is 25.0 Å². The fourth-order valence-corrected chi connectivity index (χ4v) is 2.77. The third-order valence-electron chi connectivity index (χ3n) is 3.78. The van der Waals surface area contributed by atoms with E-state index in [1.807, 2.05) is 18.5 Å². The second-order valence-corrected chi connectivity index (χ2v) is 5.90. The minimum absolute atomic E-state index is 0.236. The summed E-state index contributed by atoms with van der Waals surface area (Å²) in [5.74, 6) is 0.703. The third kappa shape index (κ3) is 3.66. The fourth-order valence-electron chi connectivity index (χ4n) is 2.64. The summed E-state index contributed by atoms with van der Waals surface area (Å²) in [7, 11) is 0. The number of hydrogen-bond donors (Lipinski definition) is 1. The number of nitrogens with zero attached hydrogens (tertiary/aromatic N) is 2. The Morgan fingerprint density at radius 3 is 2.65 bits per heavy atom. The Morgan fingerprint density at radius 2 is 1.91 bits per heavy atom. The van der Waals surface area contributed by atoms with Gasteiger partial charge in [0, 0.05) is 5.02 Å². The molecule has 4 nitrogen and oxygen atoms in total. The van der Waals surface area contributed by atoms with E-state index in [4.69, 9.17) is 16.3 Å². The molecule has 0 aliphatic heterocycles. The summed E-state index contributed by atoms with van der Waals surface area (Å²) in [5.41, 5.74) is 2.28. The van der Waals surface area contributed by atoms with Crippen molar-refractivity contribution in [2.24, 2.45) is 0 Å². The Hall–Kier alpha value is -2.04. The Bertz CT molecular complexity index is 783. The zero-order valence-corrected chi connectivity index (χ0v) is 13.8. The molecular formula is C18H20ClN2O2+. The van der Waals surface area contributed by atoms with Crippen LogP contribution in [0.15, 0.2) is 54.9 Å². The van der Waals surface area contributed by atoms with Gasteiger partial charge in [-0.2, -0.15) is 0 Å². The zero-order valence-electron chi connectivity index (χ0n) is 13.0. The van der Waals surface area contributed by atoms with E-state index < -0.39 is 6.10 Å². The summed E-state index contributed by atoms with van der Waals surface area (Å²) < 4.78 is 9.84. The van der Waals surface area contributed by atoms with E-state index in [9.17, 15) is 5.11 Å². The number of halogens is 1. The summed E-state index contributed by atoms with van der Waals surface area (Å²) >= 11 is 5.84. The number of aryl methyl sites for hydroxylation is 1. The van der Waals surface area contributed by atoms with Crippen LogP contribution >= 0.6 is 11.6 Å². The molecule has 0 aliphatic rings. The van der Waals surface area contributed by atoms with E-state index in [1.165, 1.54) is 5.52 Å². The molecular weight excluding hydrogens is 312 g/mol. The fraction of sp³-hybridized carbons (Fsp3) is 0.278. The van der Waals surface area contributed by atoms with Gasteiger partial charge < -0.3 is 9.84 Å². The molecule has 1 atom stereocenters. The van der Waals surface area contributed by atoms with Crippen LogP contribution < -0.4 is 9.30 Å². The maximum absolute atomic E-state index is 10.3. The van der Waals surface area contributed by atoms with E-state index in [0.29, 0.717) is 17.3 Å². The van der Waals surface area contributed by atoms with E-state index in [0.717, 1.165) is 12.1 Å². The van der Waals surface area contributed by atoms with Crippen LogP contribution in [0.5, 0.6) is 5.75 Å². The molecule has 120 valence electrons. The van der Waals surface area contributed by atoms with Gasteiger partial charge in [-0.25, -0.2) is 9.13 Å². The van der Waals surface area contributed by atoms with Gasteiger partial charge >= 0.3 is 0 Å². The van der Waals surface area contributed by atoms with Crippen molar-refractivity contribution in [3.63, 3.8) is 0 Å².